The standard InChI is InChI=1S/C12H7F3N2S/c13-12(14,15)9-2-1-3-10(5-9)18-11-4-8(6-16)7-17-11/h1-5,7,17H. The zero-order chi connectivity index (χ0) is 13.2. The number of nitrogens with one attached hydrogen (secondary N) is 1. The predicted octanol–water partition coefficient (Wildman–Crippen LogP) is 4.06. The number of nitrogens with zero attached hydrogens (tertiary/aromatic N) is 1. The van der Waals surface area contributed by atoms with Crippen LogP contribution in [0.4, 0.5) is 13.2 Å². The third-order valence-electron chi connectivity index (χ3n) is 2.17. The van der Waals surface area contributed by atoms with Crippen molar-refractivity contribution >= 4 is 11.8 Å². The number of hydrogen-bond donors (Lipinski definition) is 1. The zero-order valence-electron chi connectivity index (χ0n) is 8.95. The van der Waals surface area contributed by atoms with Crippen molar-refractivity contribution in [3.63, 3.8) is 0 Å². The first-order chi connectivity index (χ1) is 8.49. The minimum atomic E-state index is -4.34. The molecule has 0 amide bonds. The fraction of sp³-hybridized carbons (Fsp3) is 0.0833. The molecule has 6 heteroatoms. The summed E-state index contributed by atoms with van der Waals surface area (Å²) in [6.45, 7) is 0. The van der Waals surface area contributed by atoms with Crippen molar-refractivity contribution in [3.8, 4) is 6.07 Å². The molecule has 1 N–H and O–H groups in total. The molecule has 0 saturated heterocycles. The topological polar surface area (TPSA) is 39.6 Å². The lowest BCUT2D eigenvalue weighted by atomic mass is 10.2. The van der Waals surface area contributed by atoms with Crippen LogP contribution >= 0.6 is 11.8 Å². The van der Waals surface area contributed by atoms with Crippen molar-refractivity contribution < 1.29 is 13.2 Å². The van der Waals surface area contributed by atoms with Crippen LogP contribution in [0.3, 0.4) is 0 Å². The van der Waals surface area contributed by atoms with Gasteiger partial charge in [-0.3, -0.25) is 0 Å². The maximum Gasteiger partial charge on any atom is 0.416 e. The van der Waals surface area contributed by atoms with E-state index in [9.17, 15) is 13.2 Å². The van der Waals surface area contributed by atoms with E-state index in [2.05, 4.69) is 4.98 Å². The Hall–Kier alpha value is -1.87. The minimum absolute atomic E-state index is 0.449. The number of aromatic amines is 1. The highest BCUT2D eigenvalue weighted by Gasteiger charge is 2.30. The second-order valence-electron chi connectivity index (χ2n) is 3.49. The lowest BCUT2D eigenvalue weighted by molar-refractivity contribution is -0.137. The van der Waals surface area contributed by atoms with Crippen LogP contribution in [0.25, 0.3) is 0 Å². The van der Waals surface area contributed by atoms with E-state index in [0.29, 0.717) is 15.5 Å². The summed E-state index contributed by atoms with van der Waals surface area (Å²) in [5, 5.41) is 9.27. The van der Waals surface area contributed by atoms with Gasteiger partial charge in [0, 0.05) is 11.1 Å². The molecule has 2 aromatic rings. The molecule has 0 radical (unpaired) electrons. The summed E-state index contributed by atoms with van der Waals surface area (Å²) in [5.41, 5.74) is -0.232. The van der Waals surface area contributed by atoms with E-state index in [0.717, 1.165) is 23.9 Å². The molecule has 1 heterocycles. The highest BCUT2D eigenvalue weighted by Crippen LogP contribution is 2.34. The molecule has 0 aliphatic heterocycles. The third kappa shape index (κ3) is 2.87. The molecule has 0 aliphatic carbocycles. The van der Waals surface area contributed by atoms with Gasteiger partial charge >= 0.3 is 6.18 Å². The molecule has 18 heavy (non-hydrogen) atoms. The molecule has 92 valence electrons. The number of halogens is 3. The highest BCUT2D eigenvalue weighted by atomic mass is 32.2. The van der Waals surface area contributed by atoms with Crippen LogP contribution in [-0.2, 0) is 6.18 Å². The summed E-state index contributed by atoms with van der Waals surface area (Å²) in [4.78, 5) is 3.29. The summed E-state index contributed by atoms with van der Waals surface area (Å²) in [5.74, 6) is 0. The molecule has 1 aromatic carbocycles. The van der Waals surface area contributed by atoms with Crippen LogP contribution in [-0.4, -0.2) is 4.98 Å². The SMILES string of the molecule is N#Cc1c[nH]c(Sc2cccc(C(F)(F)F)c2)c1. The van der Waals surface area contributed by atoms with Gasteiger partial charge in [-0.25, -0.2) is 0 Å². The third-order valence-corrected chi connectivity index (χ3v) is 3.12. The van der Waals surface area contributed by atoms with Gasteiger partial charge in [0.05, 0.1) is 16.2 Å². The number of rotatable bonds is 2. The van der Waals surface area contributed by atoms with Gasteiger partial charge in [-0.1, -0.05) is 17.8 Å². The molecular weight excluding hydrogens is 261 g/mol. The van der Waals surface area contributed by atoms with Gasteiger partial charge in [0.1, 0.15) is 6.07 Å². The summed E-state index contributed by atoms with van der Waals surface area (Å²) < 4.78 is 37.5. The van der Waals surface area contributed by atoms with Gasteiger partial charge in [0.25, 0.3) is 0 Å². The first-order valence-corrected chi connectivity index (χ1v) is 5.74. The average Bonchev–Trinajstić information content (AvgIpc) is 2.76. The van der Waals surface area contributed by atoms with E-state index in [4.69, 9.17) is 5.26 Å². The number of aromatic nitrogens is 1. The van der Waals surface area contributed by atoms with Crippen molar-refractivity contribution in [1.82, 2.24) is 4.98 Å². The second-order valence-corrected chi connectivity index (χ2v) is 4.61. The molecule has 1 aromatic heterocycles. The van der Waals surface area contributed by atoms with Crippen molar-refractivity contribution in [1.29, 1.82) is 5.26 Å². The molecule has 0 spiro atoms. The van der Waals surface area contributed by atoms with E-state index < -0.39 is 11.7 Å². The van der Waals surface area contributed by atoms with Crippen molar-refractivity contribution in [2.24, 2.45) is 0 Å². The summed E-state index contributed by atoms with van der Waals surface area (Å²) in [6, 6.07) is 8.59. The average molecular weight is 268 g/mol. The summed E-state index contributed by atoms with van der Waals surface area (Å²) >= 11 is 1.15. The summed E-state index contributed by atoms with van der Waals surface area (Å²) in [7, 11) is 0. The molecule has 0 saturated carbocycles. The quantitative estimate of drug-likeness (QED) is 0.892. The van der Waals surface area contributed by atoms with E-state index in [1.807, 2.05) is 6.07 Å². The van der Waals surface area contributed by atoms with Crippen LogP contribution in [0.15, 0.2) is 46.5 Å². The van der Waals surface area contributed by atoms with Gasteiger partial charge < -0.3 is 4.98 Å². The highest BCUT2D eigenvalue weighted by molar-refractivity contribution is 7.99. The Balaban J connectivity index is 2.22. The molecule has 0 aliphatic rings. The summed E-state index contributed by atoms with van der Waals surface area (Å²) in [6.07, 6.45) is -2.83. The fourth-order valence-corrected chi connectivity index (χ4v) is 2.25. The van der Waals surface area contributed by atoms with Crippen LogP contribution in [0.5, 0.6) is 0 Å². The number of hydrogen-bond acceptors (Lipinski definition) is 2. The first kappa shape index (κ1) is 12.6. The Bertz CT molecular complexity index is 596. The zero-order valence-corrected chi connectivity index (χ0v) is 9.77. The van der Waals surface area contributed by atoms with Gasteiger partial charge in [-0.05, 0) is 24.3 Å². The largest absolute Gasteiger partial charge is 0.416 e. The molecular formula is C12H7F3N2S. The van der Waals surface area contributed by atoms with Gasteiger partial charge in [0.2, 0.25) is 0 Å². The molecule has 2 nitrogen and oxygen atoms in total. The lowest BCUT2D eigenvalue weighted by Gasteiger charge is -2.07. The van der Waals surface area contributed by atoms with E-state index in [1.165, 1.54) is 12.3 Å². The molecule has 0 atom stereocenters. The second kappa shape index (κ2) is 4.78. The maximum atomic E-state index is 12.5. The maximum absolute atomic E-state index is 12.5. The van der Waals surface area contributed by atoms with Crippen molar-refractivity contribution in [2.75, 3.05) is 0 Å². The first-order valence-electron chi connectivity index (χ1n) is 4.92. The van der Waals surface area contributed by atoms with Gasteiger partial charge in [0.15, 0.2) is 0 Å². The Morgan fingerprint density at radius 2 is 2.00 bits per heavy atom. The Morgan fingerprint density at radius 1 is 1.22 bits per heavy atom. The predicted molar refractivity (Wildman–Crippen MR) is 61.1 cm³/mol. The van der Waals surface area contributed by atoms with Crippen LogP contribution < -0.4 is 0 Å². The van der Waals surface area contributed by atoms with Crippen LogP contribution in [0.1, 0.15) is 11.1 Å². The van der Waals surface area contributed by atoms with Gasteiger partial charge in [-0.15, -0.1) is 0 Å². The monoisotopic (exact) mass is 268 g/mol. The number of benzene rings is 1. The molecule has 0 bridgehead atoms. The van der Waals surface area contributed by atoms with E-state index in [-0.39, 0.29) is 0 Å². The Morgan fingerprint density at radius 3 is 2.61 bits per heavy atom. The van der Waals surface area contributed by atoms with E-state index in [1.54, 1.807) is 12.1 Å². The smallest absolute Gasteiger partial charge is 0.355 e. The van der Waals surface area contributed by atoms with Crippen molar-refractivity contribution in [3.05, 3.63) is 47.7 Å². The fourth-order valence-electron chi connectivity index (χ4n) is 1.36. The molecule has 0 unspecified atom stereocenters. The number of nitriles is 1. The Kier molecular flexibility index (Phi) is 3.34. The lowest BCUT2D eigenvalue weighted by Crippen LogP contribution is -2.04. The molecule has 0 fully saturated rings. The van der Waals surface area contributed by atoms with Crippen LogP contribution in [0.2, 0.25) is 0 Å². The normalized spacial score (nSPS) is 11.2. The van der Waals surface area contributed by atoms with Crippen LogP contribution in [0, 0.1) is 11.3 Å². The van der Waals surface area contributed by atoms with E-state index >= 15 is 0 Å². The molecule has 2 rings (SSSR count). The van der Waals surface area contributed by atoms with Crippen molar-refractivity contribution in [2.45, 2.75) is 16.1 Å². The number of alkyl halides is 3. The Labute approximate surface area is 105 Å². The van der Waals surface area contributed by atoms with Gasteiger partial charge in [-0.2, -0.15) is 18.4 Å². The minimum Gasteiger partial charge on any atom is -0.355 e. The number of H-pyrrole nitrogens is 1.